The molecule has 0 radical (unpaired) electrons. The van der Waals surface area contributed by atoms with Crippen LogP contribution in [0, 0.1) is 0 Å². The van der Waals surface area contributed by atoms with Crippen LogP contribution in [0.3, 0.4) is 0 Å². The van der Waals surface area contributed by atoms with E-state index in [0.717, 1.165) is 5.69 Å². The largest absolute Gasteiger partial charge is 0.478 e. The lowest BCUT2D eigenvalue weighted by Crippen LogP contribution is -2.26. The fourth-order valence-electron chi connectivity index (χ4n) is 1.48. The molecule has 0 aromatic heterocycles. The molecule has 0 atom stereocenters. The van der Waals surface area contributed by atoms with Gasteiger partial charge in [-0.1, -0.05) is 17.7 Å². The number of nitrogens with zero attached hydrogens (tertiary/aromatic N) is 1. The molecule has 1 aromatic carbocycles. The maximum Gasteiger partial charge on any atom is 0.337 e. The third-order valence-corrected chi connectivity index (χ3v) is 2.58. The zero-order valence-electron chi connectivity index (χ0n) is 9.27. The van der Waals surface area contributed by atoms with Crippen molar-refractivity contribution in [3.63, 3.8) is 0 Å². The predicted molar refractivity (Wildman–Crippen MR) is 67.9 cm³/mol. The summed E-state index contributed by atoms with van der Waals surface area (Å²) in [6.45, 7) is 4.63. The number of aliphatic hydroxyl groups excluding tert-OH is 1. The summed E-state index contributed by atoms with van der Waals surface area (Å²) in [5, 5.41) is 18.0. The predicted octanol–water partition coefficient (Wildman–Crippen LogP) is 2.02. The molecule has 1 rings (SSSR count). The third-order valence-electron chi connectivity index (χ3n) is 2.27. The van der Waals surface area contributed by atoms with Gasteiger partial charge in [-0.15, -0.1) is 6.58 Å². The number of carbonyl (C=O) groups is 1. The van der Waals surface area contributed by atoms with Crippen LogP contribution in [0.4, 0.5) is 5.69 Å². The minimum Gasteiger partial charge on any atom is -0.478 e. The number of anilines is 1. The normalized spacial score (nSPS) is 10.0. The van der Waals surface area contributed by atoms with Crippen LogP contribution in [0.2, 0.25) is 5.02 Å². The second-order valence-electron chi connectivity index (χ2n) is 3.43. The Bertz CT molecular complexity index is 420. The van der Waals surface area contributed by atoms with Crippen molar-refractivity contribution < 1.29 is 15.0 Å². The molecular weight excluding hydrogens is 242 g/mol. The lowest BCUT2D eigenvalue weighted by atomic mass is 10.2. The molecule has 0 fully saturated rings. The van der Waals surface area contributed by atoms with E-state index in [4.69, 9.17) is 21.8 Å². The van der Waals surface area contributed by atoms with Gasteiger partial charge in [-0.05, 0) is 18.2 Å². The first-order valence-corrected chi connectivity index (χ1v) is 5.47. The third kappa shape index (κ3) is 3.47. The van der Waals surface area contributed by atoms with Gasteiger partial charge >= 0.3 is 5.97 Å². The zero-order valence-corrected chi connectivity index (χ0v) is 10.0. The van der Waals surface area contributed by atoms with Crippen molar-refractivity contribution in [3.05, 3.63) is 41.4 Å². The van der Waals surface area contributed by atoms with E-state index < -0.39 is 5.97 Å². The molecule has 0 bridgehead atoms. The fourth-order valence-corrected chi connectivity index (χ4v) is 1.73. The van der Waals surface area contributed by atoms with E-state index in [9.17, 15) is 4.79 Å². The SMILES string of the molecule is C=CCN(CCO)c1ccc(C(=O)O)c(Cl)c1. The first kappa shape index (κ1) is 13.5. The average molecular weight is 256 g/mol. The van der Waals surface area contributed by atoms with Gasteiger partial charge in [0.05, 0.1) is 17.2 Å². The van der Waals surface area contributed by atoms with E-state index in [1.807, 2.05) is 4.90 Å². The van der Waals surface area contributed by atoms with Crippen LogP contribution in [-0.4, -0.2) is 35.9 Å². The number of benzene rings is 1. The summed E-state index contributed by atoms with van der Waals surface area (Å²) in [6.07, 6.45) is 1.70. The lowest BCUT2D eigenvalue weighted by molar-refractivity contribution is 0.0697. The van der Waals surface area contributed by atoms with E-state index in [1.165, 1.54) is 6.07 Å². The summed E-state index contributed by atoms with van der Waals surface area (Å²) in [5.74, 6) is -1.06. The van der Waals surface area contributed by atoms with Gasteiger partial charge in [0.25, 0.3) is 0 Å². The molecular formula is C12H14ClNO3. The highest BCUT2D eigenvalue weighted by Gasteiger charge is 2.11. The van der Waals surface area contributed by atoms with Gasteiger partial charge in [-0.25, -0.2) is 4.79 Å². The summed E-state index contributed by atoms with van der Waals surface area (Å²) in [4.78, 5) is 12.7. The standard InChI is InChI=1S/C12H14ClNO3/c1-2-5-14(6-7-15)9-3-4-10(12(16)17)11(13)8-9/h2-4,8,15H,1,5-7H2,(H,16,17). The van der Waals surface area contributed by atoms with E-state index in [1.54, 1.807) is 18.2 Å². The highest BCUT2D eigenvalue weighted by atomic mass is 35.5. The van der Waals surface area contributed by atoms with Crippen LogP contribution in [0.1, 0.15) is 10.4 Å². The van der Waals surface area contributed by atoms with E-state index in [2.05, 4.69) is 6.58 Å². The van der Waals surface area contributed by atoms with Crippen molar-refractivity contribution >= 4 is 23.3 Å². The van der Waals surface area contributed by atoms with Crippen molar-refractivity contribution in [1.29, 1.82) is 0 Å². The molecule has 0 heterocycles. The second kappa shape index (κ2) is 6.27. The molecule has 0 aliphatic carbocycles. The molecule has 17 heavy (non-hydrogen) atoms. The molecule has 92 valence electrons. The molecule has 0 amide bonds. The quantitative estimate of drug-likeness (QED) is 0.764. The summed E-state index contributed by atoms with van der Waals surface area (Å²) in [7, 11) is 0. The molecule has 4 nitrogen and oxygen atoms in total. The highest BCUT2D eigenvalue weighted by Crippen LogP contribution is 2.23. The zero-order chi connectivity index (χ0) is 12.8. The van der Waals surface area contributed by atoms with Crippen LogP contribution >= 0.6 is 11.6 Å². The molecule has 0 spiro atoms. The summed E-state index contributed by atoms with van der Waals surface area (Å²) in [5.41, 5.74) is 0.826. The Labute approximate surface area is 105 Å². The molecule has 1 aromatic rings. The van der Waals surface area contributed by atoms with Crippen LogP contribution in [0.25, 0.3) is 0 Å². The molecule has 0 aliphatic heterocycles. The van der Waals surface area contributed by atoms with Crippen molar-refractivity contribution in [2.45, 2.75) is 0 Å². The number of aliphatic hydroxyl groups is 1. The van der Waals surface area contributed by atoms with Crippen molar-refractivity contribution in [2.75, 3.05) is 24.6 Å². The highest BCUT2D eigenvalue weighted by molar-refractivity contribution is 6.33. The minimum atomic E-state index is -1.06. The van der Waals surface area contributed by atoms with Crippen molar-refractivity contribution in [3.8, 4) is 0 Å². The van der Waals surface area contributed by atoms with E-state index in [0.29, 0.717) is 13.1 Å². The number of carboxylic acids is 1. The maximum absolute atomic E-state index is 10.8. The van der Waals surface area contributed by atoms with Gasteiger partial charge in [-0.3, -0.25) is 0 Å². The molecule has 0 saturated carbocycles. The maximum atomic E-state index is 10.8. The van der Waals surface area contributed by atoms with Crippen LogP contribution in [0.15, 0.2) is 30.9 Å². The Morgan fingerprint density at radius 3 is 2.71 bits per heavy atom. The number of hydrogen-bond acceptors (Lipinski definition) is 3. The summed E-state index contributed by atoms with van der Waals surface area (Å²) < 4.78 is 0. The Morgan fingerprint density at radius 1 is 1.53 bits per heavy atom. The van der Waals surface area contributed by atoms with Crippen LogP contribution in [0.5, 0.6) is 0 Å². The topological polar surface area (TPSA) is 60.8 Å². The van der Waals surface area contributed by atoms with Gasteiger partial charge < -0.3 is 15.1 Å². The molecule has 2 N–H and O–H groups in total. The Balaban J connectivity index is 3.01. The summed E-state index contributed by atoms with van der Waals surface area (Å²) >= 11 is 5.87. The Morgan fingerprint density at radius 2 is 2.24 bits per heavy atom. The first-order valence-electron chi connectivity index (χ1n) is 5.09. The van der Waals surface area contributed by atoms with Crippen LogP contribution in [-0.2, 0) is 0 Å². The van der Waals surface area contributed by atoms with E-state index in [-0.39, 0.29) is 17.2 Å². The van der Waals surface area contributed by atoms with Gasteiger partial charge in [-0.2, -0.15) is 0 Å². The van der Waals surface area contributed by atoms with Gasteiger partial charge in [0.2, 0.25) is 0 Å². The number of rotatable bonds is 6. The number of aromatic carboxylic acids is 1. The molecule has 0 saturated heterocycles. The smallest absolute Gasteiger partial charge is 0.337 e. The average Bonchev–Trinajstić information content (AvgIpc) is 2.28. The van der Waals surface area contributed by atoms with Gasteiger partial charge in [0, 0.05) is 18.8 Å². The summed E-state index contributed by atoms with van der Waals surface area (Å²) in [6, 6.07) is 4.69. The minimum absolute atomic E-state index is 0.00609. The molecule has 0 aliphatic rings. The fraction of sp³-hybridized carbons (Fsp3) is 0.250. The monoisotopic (exact) mass is 255 g/mol. The van der Waals surface area contributed by atoms with Crippen LogP contribution < -0.4 is 4.90 Å². The second-order valence-corrected chi connectivity index (χ2v) is 3.83. The van der Waals surface area contributed by atoms with Gasteiger partial charge in [0.1, 0.15) is 0 Å². The van der Waals surface area contributed by atoms with Crippen molar-refractivity contribution in [2.24, 2.45) is 0 Å². The molecule has 5 heteroatoms. The van der Waals surface area contributed by atoms with Crippen molar-refractivity contribution in [1.82, 2.24) is 0 Å². The number of halogens is 1. The first-order chi connectivity index (χ1) is 8.10. The van der Waals surface area contributed by atoms with Gasteiger partial charge in [0.15, 0.2) is 0 Å². The Hall–Kier alpha value is -1.52. The number of hydrogen-bond donors (Lipinski definition) is 2. The molecule has 0 unspecified atom stereocenters. The van der Waals surface area contributed by atoms with E-state index >= 15 is 0 Å². The lowest BCUT2D eigenvalue weighted by Gasteiger charge is -2.22. The Kier molecular flexibility index (Phi) is 5.00. The number of carboxylic acid groups (broad SMARTS) is 1.